The lowest BCUT2D eigenvalue weighted by Gasteiger charge is -2.44. The van der Waals surface area contributed by atoms with Gasteiger partial charge in [-0.25, -0.2) is 4.98 Å². The molecule has 38 heavy (non-hydrogen) atoms. The van der Waals surface area contributed by atoms with Crippen molar-refractivity contribution in [3.05, 3.63) is 127 Å². The van der Waals surface area contributed by atoms with Crippen molar-refractivity contribution < 1.29 is 0 Å². The molecule has 0 aliphatic carbocycles. The van der Waals surface area contributed by atoms with E-state index in [9.17, 15) is 0 Å². The fourth-order valence-corrected chi connectivity index (χ4v) is 6.34. The first-order valence-corrected chi connectivity index (χ1v) is 13.1. The minimum atomic E-state index is -0.344. The minimum absolute atomic E-state index is 0.344. The fraction of sp³-hybridized carbons (Fsp3) is 0.0882. The molecule has 0 saturated carbocycles. The number of anilines is 2. The molecular formula is C34H26N4. The Morgan fingerprint density at radius 2 is 1.16 bits per heavy atom. The topological polar surface area (TPSA) is 26.0 Å². The molecule has 0 atom stereocenters. The van der Waals surface area contributed by atoms with Crippen molar-refractivity contribution in [3.63, 3.8) is 0 Å². The van der Waals surface area contributed by atoms with Crippen LogP contribution in [-0.4, -0.2) is 14.1 Å². The van der Waals surface area contributed by atoms with Crippen LogP contribution in [0.4, 0.5) is 11.6 Å². The van der Waals surface area contributed by atoms with Crippen LogP contribution in [0.15, 0.2) is 121 Å². The largest absolute Gasteiger partial charge is 0.309 e. The molecule has 182 valence electrons. The van der Waals surface area contributed by atoms with Gasteiger partial charge in [0, 0.05) is 27.7 Å². The molecule has 0 fully saturated rings. The van der Waals surface area contributed by atoms with Gasteiger partial charge in [-0.1, -0.05) is 66.7 Å². The highest BCUT2D eigenvalue weighted by Gasteiger charge is 2.40. The van der Waals surface area contributed by atoms with Crippen LogP contribution >= 0.6 is 0 Å². The highest BCUT2D eigenvalue weighted by atomic mass is 15.4. The Labute approximate surface area is 221 Å². The molecule has 0 radical (unpaired) electrons. The summed E-state index contributed by atoms with van der Waals surface area (Å²) in [5, 5.41) is 2.54. The quantitative estimate of drug-likeness (QED) is 0.243. The standard InChI is InChI=1S/C34H26N4/c1-34(2)27-22-24(36-29-17-9-6-14-25(29)26-15-7-10-18-30(26)36)20-21-31(27)37-32-19-11-8-16-28(32)35-33(37)38(34)23-12-4-3-5-13-23/h3-22H,1-2H3. The molecule has 7 aromatic rings. The SMILES string of the molecule is CC1(C)c2cc(-n3c4ccccc4c4ccccc43)ccc2-n2c(nc3ccccc32)N1c1ccccc1. The molecule has 0 unspecified atom stereocenters. The third-order valence-corrected chi connectivity index (χ3v) is 8.03. The average molecular weight is 491 g/mol. The van der Waals surface area contributed by atoms with Gasteiger partial charge in [-0.15, -0.1) is 0 Å². The van der Waals surface area contributed by atoms with Crippen LogP contribution < -0.4 is 4.90 Å². The minimum Gasteiger partial charge on any atom is -0.309 e. The molecule has 1 aliphatic rings. The molecule has 0 bridgehead atoms. The summed E-state index contributed by atoms with van der Waals surface area (Å²) < 4.78 is 4.72. The second kappa shape index (κ2) is 7.59. The number of hydrogen-bond donors (Lipinski definition) is 0. The molecule has 0 spiro atoms. The number of benzene rings is 5. The van der Waals surface area contributed by atoms with E-state index in [1.54, 1.807) is 0 Å². The summed E-state index contributed by atoms with van der Waals surface area (Å²) >= 11 is 0. The zero-order valence-electron chi connectivity index (χ0n) is 21.3. The highest BCUT2D eigenvalue weighted by molar-refractivity contribution is 6.09. The van der Waals surface area contributed by atoms with Gasteiger partial charge in [0.05, 0.1) is 33.3 Å². The van der Waals surface area contributed by atoms with E-state index < -0.39 is 0 Å². The second-order valence-electron chi connectivity index (χ2n) is 10.5. The summed E-state index contributed by atoms with van der Waals surface area (Å²) in [4.78, 5) is 7.52. The first kappa shape index (κ1) is 21.3. The number of rotatable bonds is 2. The fourth-order valence-electron chi connectivity index (χ4n) is 6.34. The number of hydrogen-bond acceptors (Lipinski definition) is 2. The number of para-hydroxylation sites is 5. The summed E-state index contributed by atoms with van der Waals surface area (Å²) in [5.74, 6) is 0.944. The Kier molecular flexibility index (Phi) is 4.25. The van der Waals surface area contributed by atoms with E-state index in [-0.39, 0.29) is 5.54 Å². The Bertz CT molecular complexity index is 1960. The Balaban J connectivity index is 1.46. The lowest BCUT2D eigenvalue weighted by atomic mass is 9.88. The van der Waals surface area contributed by atoms with Crippen LogP contribution in [0.25, 0.3) is 44.2 Å². The van der Waals surface area contributed by atoms with E-state index in [0.717, 1.165) is 28.4 Å². The van der Waals surface area contributed by atoms with Gasteiger partial charge in [0.2, 0.25) is 5.95 Å². The normalized spacial score (nSPS) is 14.2. The third kappa shape index (κ3) is 2.77. The average Bonchev–Trinajstić information content (AvgIpc) is 3.49. The van der Waals surface area contributed by atoms with Crippen LogP contribution in [0, 0.1) is 0 Å². The van der Waals surface area contributed by atoms with Gasteiger partial charge in [0.25, 0.3) is 0 Å². The maximum absolute atomic E-state index is 5.14. The Hall–Kier alpha value is -4.83. The Morgan fingerprint density at radius 3 is 1.87 bits per heavy atom. The Morgan fingerprint density at radius 1 is 0.553 bits per heavy atom. The molecule has 0 N–H and O–H groups in total. The van der Waals surface area contributed by atoms with Gasteiger partial charge in [0.15, 0.2) is 0 Å². The summed E-state index contributed by atoms with van der Waals surface area (Å²) in [5.41, 5.74) is 8.93. The molecule has 3 heterocycles. The number of fused-ring (bicyclic) bond motifs is 8. The van der Waals surface area contributed by atoms with Gasteiger partial charge in [-0.3, -0.25) is 4.57 Å². The first-order valence-electron chi connectivity index (χ1n) is 13.1. The summed E-state index contributed by atoms with van der Waals surface area (Å²) in [7, 11) is 0. The van der Waals surface area contributed by atoms with Crippen molar-refractivity contribution in [2.24, 2.45) is 0 Å². The van der Waals surface area contributed by atoms with E-state index in [0.29, 0.717) is 0 Å². The number of imidazole rings is 1. The van der Waals surface area contributed by atoms with Crippen molar-refractivity contribution in [1.82, 2.24) is 14.1 Å². The van der Waals surface area contributed by atoms with Crippen LogP contribution in [-0.2, 0) is 5.54 Å². The van der Waals surface area contributed by atoms with Crippen LogP contribution in [0.1, 0.15) is 19.4 Å². The zero-order chi connectivity index (χ0) is 25.4. The van der Waals surface area contributed by atoms with Crippen molar-refractivity contribution in [2.45, 2.75) is 19.4 Å². The molecule has 2 aromatic heterocycles. The van der Waals surface area contributed by atoms with E-state index in [1.807, 2.05) is 0 Å². The maximum Gasteiger partial charge on any atom is 0.216 e. The summed E-state index contributed by atoms with van der Waals surface area (Å²) in [6.07, 6.45) is 0. The molecular weight excluding hydrogens is 464 g/mol. The van der Waals surface area contributed by atoms with Crippen molar-refractivity contribution in [3.8, 4) is 11.4 Å². The van der Waals surface area contributed by atoms with Crippen molar-refractivity contribution in [2.75, 3.05) is 4.90 Å². The summed E-state index contributed by atoms with van der Waals surface area (Å²) in [6.45, 7) is 4.61. The lowest BCUT2D eigenvalue weighted by Crippen LogP contribution is -2.43. The van der Waals surface area contributed by atoms with Gasteiger partial charge in [-0.2, -0.15) is 0 Å². The number of nitrogens with zero attached hydrogens (tertiary/aromatic N) is 4. The van der Waals surface area contributed by atoms with Gasteiger partial charge in [0.1, 0.15) is 0 Å². The summed E-state index contributed by atoms with van der Waals surface area (Å²) in [6, 6.07) is 43.3. The predicted molar refractivity (Wildman–Crippen MR) is 157 cm³/mol. The van der Waals surface area contributed by atoms with E-state index in [2.05, 4.69) is 149 Å². The molecule has 4 heteroatoms. The predicted octanol–water partition coefficient (Wildman–Crippen LogP) is 8.51. The van der Waals surface area contributed by atoms with Gasteiger partial charge < -0.3 is 9.47 Å². The lowest BCUT2D eigenvalue weighted by molar-refractivity contribution is 0.507. The highest BCUT2D eigenvalue weighted by Crippen LogP contribution is 2.48. The second-order valence-corrected chi connectivity index (χ2v) is 10.5. The van der Waals surface area contributed by atoms with E-state index >= 15 is 0 Å². The molecule has 0 amide bonds. The molecule has 1 aliphatic heterocycles. The maximum atomic E-state index is 5.14. The van der Waals surface area contributed by atoms with Crippen LogP contribution in [0.2, 0.25) is 0 Å². The smallest absolute Gasteiger partial charge is 0.216 e. The third-order valence-electron chi connectivity index (χ3n) is 8.03. The molecule has 4 nitrogen and oxygen atoms in total. The molecule has 8 rings (SSSR count). The van der Waals surface area contributed by atoms with E-state index in [4.69, 9.17) is 4.98 Å². The monoisotopic (exact) mass is 490 g/mol. The molecule has 5 aromatic carbocycles. The van der Waals surface area contributed by atoms with Crippen LogP contribution in [0.3, 0.4) is 0 Å². The first-order chi connectivity index (χ1) is 18.6. The van der Waals surface area contributed by atoms with E-state index in [1.165, 1.54) is 33.1 Å². The van der Waals surface area contributed by atoms with Crippen LogP contribution in [0.5, 0.6) is 0 Å². The van der Waals surface area contributed by atoms with Crippen molar-refractivity contribution >= 4 is 44.5 Å². The van der Waals surface area contributed by atoms with Gasteiger partial charge in [-0.05, 0) is 68.4 Å². The molecule has 0 saturated heterocycles. The zero-order valence-corrected chi connectivity index (χ0v) is 21.3. The number of aromatic nitrogens is 3. The van der Waals surface area contributed by atoms with Crippen molar-refractivity contribution in [1.29, 1.82) is 0 Å². The van der Waals surface area contributed by atoms with Gasteiger partial charge >= 0.3 is 0 Å².